The number of carboxylic acid groups (broad SMARTS) is 2. The Bertz CT molecular complexity index is 321. The maximum atomic E-state index is 11.5. The first kappa shape index (κ1) is 18.3. The van der Waals surface area contributed by atoms with Gasteiger partial charge in [0.2, 0.25) is 0 Å². The predicted molar refractivity (Wildman–Crippen MR) is 73.6 cm³/mol. The molecule has 2 N–H and O–H groups in total. The molecule has 0 amide bonds. The lowest BCUT2D eigenvalue weighted by Crippen LogP contribution is -2.36. The van der Waals surface area contributed by atoms with E-state index in [1.807, 2.05) is 0 Å². The van der Waals surface area contributed by atoms with Crippen molar-refractivity contribution < 1.29 is 29.3 Å². The molecule has 0 bridgehead atoms. The van der Waals surface area contributed by atoms with E-state index in [0.717, 1.165) is 0 Å². The zero-order valence-corrected chi connectivity index (χ0v) is 11.5. The molecule has 0 unspecified atom stereocenters. The molecule has 0 fully saturated rings. The molecule has 0 rings (SSSR count). The van der Waals surface area contributed by atoms with Gasteiger partial charge in [-0.2, -0.15) is 0 Å². The Hall–Kier alpha value is -1.66. The first-order valence-electron chi connectivity index (χ1n) is 6.31. The molecule has 0 saturated carbocycles. The first-order valence-corrected chi connectivity index (χ1v) is 6.31. The zero-order valence-electron chi connectivity index (χ0n) is 11.5. The Labute approximate surface area is 118 Å². The van der Waals surface area contributed by atoms with Crippen LogP contribution in [0.1, 0.15) is 19.3 Å². The Morgan fingerprint density at radius 1 is 1.00 bits per heavy atom. The molecular weight excluding hydrogens is 264 g/mol. The number of carboxylic acids is 2. The molecule has 0 aliphatic carbocycles. The summed E-state index contributed by atoms with van der Waals surface area (Å²) < 4.78 is 10.3. The van der Waals surface area contributed by atoms with Gasteiger partial charge in [0.25, 0.3) is 0 Å². The van der Waals surface area contributed by atoms with Crippen molar-refractivity contribution in [2.24, 2.45) is 5.41 Å². The smallest absolute Gasteiger partial charge is 0.310 e. The normalized spacial score (nSPS) is 11.0. The van der Waals surface area contributed by atoms with Crippen molar-refractivity contribution in [1.29, 1.82) is 0 Å². The summed E-state index contributed by atoms with van der Waals surface area (Å²) in [7, 11) is 0. The standard InChI is InChI=1S/C14H22O6/c1-3-7-19-9-5-14(13(17)18,11-12(15)16)6-10-20-8-4-2/h3-4H,1-2,5-11H2,(H,15,16)(H,17,18). The number of ether oxygens (including phenoxy) is 2. The largest absolute Gasteiger partial charge is 0.481 e. The minimum atomic E-state index is -1.38. The lowest BCUT2D eigenvalue weighted by atomic mass is 9.78. The summed E-state index contributed by atoms with van der Waals surface area (Å²) in [6.07, 6.45) is 2.86. The van der Waals surface area contributed by atoms with Crippen LogP contribution in [0.3, 0.4) is 0 Å². The average molecular weight is 286 g/mol. The number of aliphatic carboxylic acids is 2. The molecule has 20 heavy (non-hydrogen) atoms. The fourth-order valence-electron chi connectivity index (χ4n) is 1.75. The number of hydrogen-bond donors (Lipinski definition) is 2. The van der Waals surface area contributed by atoms with Crippen LogP contribution in [0, 0.1) is 5.41 Å². The van der Waals surface area contributed by atoms with Crippen LogP contribution in [0.15, 0.2) is 25.3 Å². The highest BCUT2D eigenvalue weighted by molar-refractivity contribution is 5.81. The van der Waals surface area contributed by atoms with Gasteiger partial charge in [0, 0.05) is 13.2 Å². The van der Waals surface area contributed by atoms with E-state index < -0.39 is 23.8 Å². The summed E-state index contributed by atoms with van der Waals surface area (Å²) in [6, 6.07) is 0. The second kappa shape index (κ2) is 10.2. The maximum Gasteiger partial charge on any atom is 0.310 e. The van der Waals surface area contributed by atoms with Gasteiger partial charge in [-0.3, -0.25) is 9.59 Å². The second-order valence-corrected chi connectivity index (χ2v) is 4.38. The fourth-order valence-corrected chi connectivity index (χ4v) is 1.75. The zero-order chi connectivity index (χ0) is 15.4. The van der Waals surface area contributed by atoms with Crippen molar-refractivity contribution in [3.63, 3.8) is 0 Å². The topological polar surface area (TPSA) is 93.1 Å². The third-order valence-electron chi connectivity index (χ3n) is 2.86. The van der Waals surface area contributed by atoms with E-state index in [9.17, 15) is 14.7 Å². The minimum absolute atomic E-state index is 0.111. The Balaban J connectivity index is 4.66. The highest BCUT2D eigenvalue weighted by atomic mass is 16.5. The summed E-state index contributed by atoms with van der Waals surface area (Å²) in [6.45, 7) is 7.89. The molecule has 6 nitrogen and oxygen atoms in total. The van der Waals surface area contributed by atoms with Crippen LogP contribution < -0.4 is 0 Å². The van der Waals surface area contributed by atoms with E-state index >= 15 is 0 Å². The van der Waals surface area contributed by atoms with E-state index in [4.69, 9.17) is 14.6 Å². The predicted octanol–water partition coefficient (Wildman–Crippen LogP) is 1.72. The minimum Gasteiger partial charge on any atom is -0.481 e. The van der Waals surface area contributed by atoms with Crippen LogP contribution in [0.2, 0.25) is 0 Å². The first-order chi connectivity index (χ1) is 9.48. The molecule has 0 heterocycles. The van der Waals surface area contributed by atoms with Crippen LogP contribution in [-0.2, 0) is 19.1 Å². The summed E-state index contributed by atoms with van der Waals surface area (Å²) in [4.78, 5) is 22.4. The van der Waals surface area contributed by atoms with Gasteiger partial charge in [-0.25, -0.2) is 0 Å². The van der Waals surface area contributed by atoms with E-state index in [2.05, 4.69) is 13.2 Å². The highest BCUT2D eigenvalue weighted by Crippen LogP contribution is 2.32. The van der Waals surface area contributed by atoms with Gasteiger partial charge in [-0.05, 0) is 12.8 Å². The van der Waals surface area contributed by atoms with E-state index in [-0.39, 0.29) is 26.1 Å². The van der Waals surface area contributed by atoms with Gasteiger partial charge < -0.3 is 19.7 Å². The van der Waals surface area contributed by atoms with Crippen molar-refractivity contribution in [2.75, 3.05) is 26.4 Å². The van der Waals surface area contributed by atoms with E-state index in [1.165, 1.54) is 0 Å². The third-order valence-corrected chi connectivity index (χ3v) is 2.86. The van der Waals surface area contributed by atoms with Gasteiger partial charge in [-0.15, -0.1) is 13.2 Å². The molecular formula is C14H22O6. The fraction of sp³-hybridized carbons (Fsp3) is 0.571. The van der Waals surface area contributed by atoms with Gasteiger partial charge in [0.15, 0.2) is 0 Å². The summed E-state index contributed by atoms with van der Waals surface area (Å²) >= 11 is 0. The van der Waals surface area contributed by atoms with Crippen LogP contribution in [0.25, 0.3) is 0 Å². The Morgan fingerprint density at radius 2 is 1.45 bits per heavy atom. The van der Waals surface area contributed by atoms with Crippen molar-refractivity contribution in [2.45, 2.75) is 19.3 Å². The summed E-state index contributed by atoms with van der Waals surface area (Å²) in [5.41, 5.74) is -1.38. The van der Waals surface area contributed by atoms with Crippen molar-refractivity contribution in [3.05, 3.63) is 25.3 Å². The number of hydrogen-bond acceptors (Lipinski definition) is 4. The molecule has 0 aliphatic rings. The van der Waals surface area contributed by atoms with Crippen LogP contribution in [0.5, 0.6) is 0 Å². The Kier molecular flexibility index (Phi) is 9.32. The van der Waals surface area contributed by atoms with Crippen molar-refractivity contribution >= 4 is 11.9 Å². The molecule has 0 aliphatic heterocycles. The summed E-state index contributed by atoms with van der Waals surface area (Å²) in [5.74, 6) is -2.30. The van der Waals surface area contributed by atoms with Gasteiger partial charge in [-0.1, -0.05) is 12.2 Å². The number of rotatable bonds is 13. The van der Waals surface area contributed by atoms with Crippen LogP contribution in [-0.4, -0.2) is 48.6 Å². The van der Waals surface area contributed by atoms with E-state index in [0.29, 0.717) is 13.2 Å². The molecule has 0 aromatic rings. The van der Waals surface area contributed by atoms with E-state index in [1.54, 1.807) is 12.2 Å². The van der Waals surface area contributed by atoms with Gasteiger partial charge >= 0.3 is 11.9 Å². The number of carbonyl (C=O) groups is 2. The lowest BCUT2D eigenvalue weighted by molar-refractivity contribution is -0.158. The lowest BCUT2D eigenvalue weighted by Gasteiger charge is -2.27. The molecule has 0 radical (unpaired) electrons. The van der Waals surface area contributed by atoms with Crippen molar-refractivity contribution in [1.82, 2.24) is 0 Å². The second-order valence-electron chi connectivity index (χ2n) is 4.38. The summed E-state index contributed by atoms with van der Waals surface area (Å²) in [5, 5.41) is 18.3. The Morgan fingerprint density at radius 3 is 1.75 bits per heavy atom. The maximum absolute atomic E-state index is 11.5. The average Bonchev–Trinajstić information content (AvgIpc) is 2.38. The van der Waals surface area contributed by atoms with Crippen LogP contribution in [0.4, 0.5) is 0 Å². The van der Waals surface area contributed by atoms with Gasteiger partial charge in [0.05, 0.1) is 25.0 Å². The van der Waals surface area contributed by atoms with Crippen LogP contribution >= 0.6 is 0 Å². The van der Waals surface area contributed by atoms with Crippen molar-refractivity contribution in [3.8, 4) is 0 Å². The molecule has 114 valence electrons. The molecule has 0 aromatic carbocycles. The quantitative estimate of drug-likeness (QED) is 0.395. The molecule has 0 aromatic heterocycles. The molecule has 0 atom stereocenters. The SMILES string of the molecule is C=CCOCCC(CCOCC=C)(CC(=O)O)C(=O)O. The molecule has 0 spiro atoms. The van der Waals surface area contributed by atoms with Gasteiger partial charge in [0.1, 0.15) is 0 Å². The molecule has 0 saturated heterocycles. The third kappa shape index (κ3) is 7.06. The molecule has 6 heteroatoms. The monoisotopic (exact) mass is 286 g/mol. The highest BCUT2D eigenvalue weighted by Gasteiger charge is 2.40.